The fourth-order valence-electron chi connectivity index (χ4n) is 3.56. The molecule has 0 spiro atoms. The second-order valence-electron chi connectivity index (χ2n) is 7.01. The summed E-state index contributed by atoms with van der Waals surface area (Å²) in [6, 6.07) is 7.82. The van der Waals surface area contributed by atoms with E-state index in [-0.39, 0.29) is 0 Å². The highest BCUT2D eigenvalue weighted by Crippen LogP contribution is 2.35. The van der Waals surface area contributed by atoms with Gasteiger partial charge in [-0.25, -0.2) is 9.97 Å². The Labute approximate surface area is 158 Å². The van der Waals surface area contributed by atoms with Gasteiger partial charge in [-0.05, 0) is 19.1 Å². The molecule has 0 aliphatic carbocycles. The van der Waals surface area contributed by atoms with Gasteiger partial charge in [-0.1, -0.05) is 12.1 Å². The first-order valence-corrected chi connectivity index (χ1v) is 9.10. The van der Waals surface area contributed by atoms with Crippen LogP contribution in [0.3, 0.4) is 0 Å². The summed E-state index contributed by atoms with van der Waals surface area (Å²) in [5, 5.41) is 11.0. The Morgan fingerprint density at radius 1 is 1.26 bits per heavy atom. The van der Waals surface area contributed by atoms with Crippen molar-refractivity contribution in [2.75, 3.05) is 20.3 Å². The first kappa shape index (κ1) is 17.8. The van der Waals surface area contributed by atoms with Gasteiger partial charge in [0.05, 0.1) is 43.3 Å². The Hall–Kier alpha value is -2.64. The van der Waals surface area contributed by atoms with E-state index in [0.29, 0.717) is 32.6 Å². The molecule has 7 nitrogen and oxygen atoms in total. The van der Waals surface area contributed by atoms with Crippen LogP contribution in [0.5, 0.6) is 5.75 Å². The van der Waals surface area contributed by atoms with Crippen molar-refractivity contribution in [2.24, 2.45) is 0 Å². The van der Waals surface area contributed by atoms with Crippen molar-refractivity contribution in [1.29, 1.82) is 0 Å². The number of nitrogens with zero attached hydrogens (tertiary/aromatic N) is 3. The zero-order valence-corrected chi connectivity index (χ0v) is 15.6. The smallest absolute Gasteiger partial charge is 0.119 e. The maximum absolute atomic E-state index is 11.0. The Bertz CT molecular complexity index is 925. The standard InChI is InChI=1S/C20H24N4O3/c1-14-17(22-12-21-14)19-18(15-4-3-5-16(10-15)26-2)23-13-24(19)11-20(25)6-8-27-9-7-20/h3-5,10,12-13,25H,6-9,11H2,1-2H3,(H,21,22). The van der Waals surface area contributed by atoms with Crippen LogP contribution in [0.4, 0.5) is 0 Å². The van der Waals surface area contributed by atoms with E-state index < -0.39 is 5.60 Å². The Morgan fingerprint density at radius 2 is 2.07 bits per heavy atom. The quantitative estimate of drug-likeness (QED) is 0.723. The topological polar surface area (TPSA) is 85.2 Å². The third-order valence-corrected chi connectivity index (χ3v) is 5.12. The number of nitrogens with one attached hydrogen (secondary N) is 1. The number of hydrogen-bond acceptors (Lipinski definition) is 5. The van der Waals surface area contributed by atoms with Crippen molar-refractivity contribution in [3.05, 3.63) is 42.6 Å². The number of aliphatic hydroxyl groups is 1. The molecule has 0 unspecified atom stereocenters. The van der Waals surface area contributed by atoms with Crippen molar-refractivity contribution in [2.45, 2.75) is 31.9 Å². The number of aromatic nitrogens is 4. The summed E-state index contributed by atoms with van der Waals surface area (Å²) < 4.78 is 12.8. The van der Waals surface area contributed by atoms with Gasteiger partial charge in [0, 0.05) is 37.3 Å². The molecule has 7 heteroatoms. The van der Waals surface area contributed by atoms with Crippen molar-refractivity contribution in [3.8, 4) is 28.4 Å². The van der Waals surface area contributed by atoms with Crippen LogP contribution in [-0.2, 0) is 11.3 Å². The van der Waals surface area contributed by atoms with Crippen LogP contribution in [-0.4, -0.2) is 50.6 Å². The van der Waals surface area contributed by atoms with Gasteiger partial charge in [-0.3, -0.25) is 0 Å². The molecule has 4 rings (SSSR count). The molecular weight excluding hydrogens is 344 g/mol. The van der Waals surface area contributed by atoms with E-state index in [9.17, 15) is 5.11 Å². The summed E-state index contributed by atoms with van der Waals surface area (Å²) in [6.45, 7) is 3.59. The first-order valence-electron chi connectivity index (χ1n) is 9.10. The second-order valence-corrected chi connectivity index (χ2v) is 7.01. The van der Waals surface area contributed by atoms with Gasteiger partial charge >= 0.3 is 0 Å². The fourth-order valence-corrected chi connectivity index (χ4v) is 3.56. The first-order chi connectivity index (χ1) is 13.1. The van der Waals surface area contributed by atoms with Gasteiger partial charge in [0.1, 0.15) is 11.4 Å². The lowest BCUT2D eigenvalue weighted by Crippen LogP contribution is -2.40. The Morgan fingerprint density at radius 3 is 2.78 bits per heavy atom. The summed E-state index contributed by atoms with van der Waals surface area (Å²) >= 11 is 0. The predicted octanol–water partition coefficient (Wildman–Crippen LogP) is 2.80. The maximum Gasteiger partial charge on any atom is 0.119 e. The minimum absolute atomic E-state index is 0.453. The van der Waals surface area contributed by atoms with Crippen molar-refractivity contribution < 1.29 is 14.6 Å². The van der Waals surface area contributed by atoms with Crippen LogP contribution in [0, 0.1) is 6.92 Å². The molecule has 1 aliphatic rings. The van der Waals surface area contributed by atoms with E-state index in [2.05, 4.69) is 15.0 Å². The van der Waals surface area contributed by atoms with Crippen molar-refractivity contribution >= 4 is 0 Å². The molecule has 0 amide bonds. The highest BCUT2D eigenvalue weighted by atomic mass is 16.5. The lowest BCUT2D eigenvalue weighted by Gasteiger charge is -2.32. The number of methoxy groups -OCH3 is 1. The minimum atomic E-state index is -0.802. The molecule has 1 saturated heterocycles. The van der Waals surface area contributed by atoms with Gasteiger partial charge in [-0.2, -0.15) is 0 Å². The number of benzene rings is 1. The molecule has 3 aromatic rings. The van der Waals surface area contributed by atoms with E-state index >= 15 is 0 Å². The number of imidazole rings is 2. The Kier molecular flexibility index (Phi) is 4.72. The zero-order valence-electron chi connectivity index (χ0n) is 15.6. The van der Waals surface area contributed by atoms with Gasteiger partial charge in [0.15, 0.2) is 0 Å². The van der Waals surface area contributed by atoms with E-state index in [0.717, 1.165) is 34.1 Å². The average molecular weight is 368 g/mol. The van der Waals surface area contributed by atoms with Gasteiger partial charge < -0.3 is 24.1 Å². The molecule has 1 fully saturated rings. The molecule has 0 bridgehead atoms. The van der Waals surface area contributed by atoms with Gasteiger partial charge in [0.2, 0.25) is 0 Å². The monoisotopic (exact) mass is 368 g/mol. The van der Waals surface area contributed by atoms with E-state index in [1.807, 2.05) is 35.8 Å². The molecule has 2 aromatic heterocycles. The summed E-state index contributed by atoms with van der Waals surface area (Å²) in [5.74, 6) is 0.773. The molecule has 1 aromatic carbocycles. The summed E-state index contributed by atoms with van der Waals surface area (Å²) in [4.78, 5) is 12.3. The fraction of sp³-hybridized carbons (Fsp3) is 0.400. The van der Waals surface area contributed by atoms with Crippen LogP contribution in [0.25, 0.3) is 22.6 Å². The minimum Gasteiger partial charge on any atom is -0.497 e. The second kappa shape index (κ2) is 7.17. The molecule has 0 atom stereocenters. The molecule has 27 heavy (non-hydrogen) atoms. The average Bonchev–Trinajstić information content (AvgIpc) is 3.27. The number of H-pyrrole nitrogens is 1. The molecule has 3 heterocycles. The van der Waals surface area contributed by atoms with Crippen LogP contribution >= 0.6 is 0 Å². The van der Waals surface area contributed by atoms with Crippen LogP contribution in [0.2, 0.25) is 0 Å². The molecule has 0 radical (unpaired) electrons. The maximum atomic E-state index is 11.0. The lowest BCUT2D eigenvalue weighted by atomic mass is 9.94. The largest absolute Gasteiger partial charge is 0.497 e. The number of aryl methyl sites for hydroxylation is 1. The number of rotatable bonds is 5. The Balaban J connectivity index is 1.80. The number of ether oxygens (including phenoxy) is 2. The van der Waals surface area contributed by atoms with E-state index in [4.69, 9.17) is 9.47 Å². The number of hydrogen-bond donors (Lipinski definition) is 2. The SMILES string of the molecule is COc1cccc(-c2ncn(CC3(O)CCOCC3)c2-c2nc[nH]c2C)c1. The van der Waals surface area contributed by atoms with Crippen molar-refractivity contribution in [3.63, 3.8) is 0 Å². The third-order valence-electron chi connectivity index (χ3n) is 5.12. The van der Waals surface area contributed by atoms with E-state index in [1.165, 1.54) is 0 Å². The zero-order chi connectivity index (χ0) is 18.9. The molecule has 2 N–H and O–H groups in total. The molecular formula is C20H24N4O3. The predicted molar refractivity (Wildman–Crippen MR) is 102 cm³/mol. The third kappa shape index (κ3) is 3.48. The van der Waals surface area contributed by atoms with Crippen LogP contribution in [0.15, 0.2) is 36.9 Å². The highest BCUT2D eigenvalue weighted by Gasteiger charge is 2.32. The van der Waals surface area contributed by atoms with Crippen LogP contribution in [0.1, 0.15) is 18.5 Å². The molecule has 142 valence electrons. The molecule has 0 saturated carbocycles. The van der Waals surface area contributed by atoms with Crippen molar-refractivity contribution in [1.82, 2.24) is 19.5 Å². The number of aromatic amines is 1. The normalized spacial score (nSPS) is 16.4. The lowest BCUT2D eigenvalue weighted by molar-refractivity contribution is -0.0725. The van der Waals surface area contributed by atoms with Gasteiger partial charge in [-0.15, -0.1) is 0 Å². The van der Waals surface area contributed by atoms with Crippen LogP contribution < -0.4 is 4.74 Å². The summed E-state index contributed by atoms with van der Waals surface area (Å²) in [5.41, 5.74) is 3.65. The van der Waals surface area contributed by atoms with Gasteiger partial charge in [0.25, 0.3) is 0 Å². The summed E-state index contributed by atoms with van der Waals surface area (Å²) in [6.07, 6.45) is 4.68. The summed E-state index contributed by atoms with van der Waals surface area (Å²) in [7, 11) is 1.65. The highest BCUT2D eigenvalue weighted by molar-refractivity contribution is 5.78. The van der Waals surface area contributed by atoms with E-state index in [1.54, 1.807) is 19.8 Å². The molecule has 1 aliphatic heterocycles.